The number of hydrogen-bond donors (Lipinski definition) is 0. The standard InChI is InChI=1S/C20H26ClP/c1-19(2,3)22(20(4,5)6)18-16(13-10-14-17(18)21)15-11-8-7-9-12-15/h7-14H,1-6H3. The number of halogens is 1. The van der Waals surface area contributed by atoms with E-state index in [0.717, 1.165) is 5.02 Å². The Labute approximate surface area is 141 Å². The van der Waals surface area contributed by atoms with E-state index in [1.807, 2.05) is 6.07 Å². The van der Waals surface area contributed by atoms with Crippen molar-refractivity contribution in [1.82, 2.24) is 0 Å². The smallest absolute Gasteiger partial charge is 0.0489 e. The third-order valence-electron chi connectivity index (χ3n) is 3.64. The molecule has 2 heteroatoms. The maximum absolute atomic E-state index is 6.70. The fourth-order valence-electron chi connectivity index (χ4n) is 3.27. The van der Waals surface area contributed by atoms with Crippen LogP contribution < -0.4 is 5.30 Å². The maximum atomic E-state index is 6.70. The van der Waals surface area contributed by atoms with Gasteiger partial charge in [0.15, 0.2) is 0 Å². The molecule has 2 aromatic rings. The minimum Gasteiger partial charge on any atom is -0.0836 e. The molecule has 0 saturated carbocycles. The Bertz CT molecular complexity index is 619. The molecule has 118 valence electrons. The molecule has 0 radical (unpaired) electrons. The van der Waals surface area contributed by atoms with E-state index in [1.54, 1.807) is 0 Å². The van der Waals surface area contributed by atoms with Crippen molar-refractivity contribution >= 4 is 24.8 Å². The van der Waals surface area contributed by atoms with E-state index in [-0.39, 0.29) is 10.3 Å². The minimum atomic E-state index is -0.435. The van der Waals surface area contributed by atoms with Gasteiger partial charge in [-0.25, -0.2) is 0 Å². The van der Waals surface area contributed by atoms with Gasteiger partial charge in [-0.2, -0.15) is 0 Å². The van der Waals surface area contributed by atoms with Gasteiger partial charge in [-0.05, 0) is 27.5 Å². The highest BCUT2D eigenvalue weighted by Crippen LogP contribution is 2.60. The molecule has 22 heavy (non-hydrogen) atoms. The summed E-state index contributed by atoms with van der Waals surface area (Å²) in [4.78, 5) is 0. The second kappa shape index (κ2) is 6.34. The molecular formula is C20H26ClP. The van der Waals surface area contributed by atoms with Crippen molar-refractivity contribution < 1.29 is 0 Å². The molecule has 0 fully saturated rings. The van der Waals surface area contributed by atoms with E-state index in [1.165, 1.54) is 16.4 Å². The molecule has 0 aliphatic heterocycles. The predicted octanol–water partition coefficient (Wildman–Crippen LogP) is 6.71. The Morgan fingerprint density at radius 3 is 1.77 bits per heavy atom. The van der Waals surface area contributed by atoms with Gasteiger partial charge in [0, 0.05) is 10.3 Å². The van der Waals surface area contributed by atoms with Crippen LogP contribution in [0.15, 0.2) is 48.5 Å². The van der Waals surface area contributed by atoms with Crippen LogP contribution in [0.2, 0.25) is 5.02 Å². The van der Waals surface area contributed by atoms with Gasteiger partial charge in [-0.1, -0.05) is 104 Å². The zero-order valence-corrected chi connectivity index (χ0v) is 16.1. The van der Waals surface area contributed by atoms with Crippen LogP contribution in [0.5, 0.6) is 0 Å². The monoisotopic (exact) mass is 332 g/mol. The second-order valence-electron chi connectivity index (χ2n) is 7.68. The van der Waals surface area contributed by atoms with Crippen LogP contribution in [-0.2, 0) is 0 Å². The van der Waals surface area contributed by atoms with Crippen LogP contribution >= 0.6 is 19.5 Å². The van der Waals surface area contributed by atoms with Crippen LogP contribution in [0.4, 0.5) is 0 Å². The van der Waals surface area contributed by atoms with Gasteiger partial charge < -0.3 is 0 Å². The molecule has 0 bridgehead atoms. The molecule has 0 aliphatic carbocycles. The minimum absolute atomic E-state index is 0.197. The lowest BCUT2D eigenvalue weighted by molar-refractivity contribution is 0.715. The molecule has 0 spiro atoms. The summed E-state index contributed by atoms with van der Waals surface area (Å²) in [6.45, 7) is 14.0. The molecule has 2 aromatic carbocycles. The lowest BCUT2D eigenvalue weighted by Crippen LogP contribution is -2.32. The molecule has 0 aromatic heterocycles. The summed E-state index contributed by atoms with van der Waals surface area (Å²) in [6.07, 6.45) is 0. The van der Waals surface area contributed by atoms with Gasteiger partial charge >= 0.3 is 0 Å². The Kier molecular flexibility index (Phi) is 5.05. The SMILES string of the molecule is CC(C)(C)P(c1c(Cl)cccc1-c1ccccc1)C(C)(C)C. The van der Waals surface area contributed by atoms with Crippen molar-refractivity contribution in [3.05, 3.63) is 53.6 Å². The molecule has 0 saturated heterocycles. The molecule has 2 rings (SSSR count). The summed E-state index contributed by atoms with van der Waals surface area (Å²) in [5.74, 6) is 0. The van der Waals surface area contributed by atoms with Crippen LogP contribution in [0.3, 0.4) is 0 Å². The molecule has 0 unspecified atom stereocenters. The molecule has 0 atom stereocenters. The highest BCUT2D eigenvalue weighted by Gasteiger charge is 2.38. The highest BCUT2D eigenvalue weighted by atomic mass is 35.5. The van der Waals surface area contributed by atoms with Crippen LogP contribution in [0, 0.1) is 0 Å². The summed E-state index contributed by atoms with van der Waals surface area (Å²) < 4.78 is 0. The average Bonchev–Trinajstić information content (AvgIpc) is 2.39. The van der Waals surface area contributed by atoms with Gasteiger partial charge in [-0.15, -0.1) is 0 Å². The predicted molar refractivity (Wildman–Crippen MR) is 103 cm³/mol. The molecule has 0 nitrogen and oxygen atoms in total. The van der Waals surface area contributed by atoms with Crippen molar-refractivity contribution in [3.8, 4) is 11.1 Å². The number of hydrogen-bond acceptors (Lipinski definition) is 0. The summed E-state index contributed by atoms with van der Waals surface area (Å²) in [6, 6.07) is 16.9. The van der Waals surface area contributed by atoms with Crippen LogP contribution in [0.25, 0.3) is 11.1 Å². The highest BCUT2D eigenvalue weighted by molar-refractivity contribution is 7.69. The summed E-state index contributed by atoms with van der Waals surface area (Å²) in [5, 5.41) is 2.63. The third-order valence-corrected chi connectivity index (χ3v) is 7.70. The molecular weight excluding hydrogens is 307 g/mol. The molecule has 0 amide bonds. The van der Waals surface area contributed by atoms with Gasteiger partial charge in [0.05, 0.1) is 0 Å². The molecule has 0 N–H and O–H groups in total. The lowest BCUT2D eigenvalue weighted by atomic mass is 10.1. The van der Waals surface area contributed by atoms with Crippen molar-refractivity contribution in [2.24, 2.45) is 0 Å². The van der Waals surface area contributed by atoms with E-state index >= 15 is 0 Å². The van der Waals surface area contributed by atoms with Gasteiger partial charge in [0.1, 0.15) is 0 Å². The first-order valence-corrected chi connectivity index (χ1v) is 9.48. The van der Waals surface area contributed by atoms with Crippen molar-refractivity contribution in [2.45, 2.75) is 51.9 Å². The summed E-state index contributed by atoms with van der Waals surface area (Å²) in [5.41, 5.74) is 2.53. The van der Waals surface area contributed by atoms with Crippen molar-refractivity contribution in [3.63, 3.8) is 0 Å². The first kappa shape index (κ1) is 17.5. The Morgan fingerprint density at radius 1 is 0.727 bits per heavy atom. The van der Waals surface area contributed by atoms with Crippen LogP contribution in [-0.4, -0.2) is 10.3 Å². The van der Waals surface area contributed by atoms with E-state index in [9.17, 15) is 0 Å². The van der Waals surface area contributed by atoms with E-state index < -0.39 is 7.92 Å². The fourth-order valence-corrected chi connectivity index (χ4v) is 7.79. The van der Waals surface area contributed by atoms with Gasteiger partial charge in [0.25, 0.3) is 0 Å². The van der Waals surface area contributed by atoms with Crippen molar-refractivity contribution in [2.75, 3.05) is 0 Å². The quantitative estimate of drug-likeness (QED) is 0.536. The normalized spacial score (nSPS) is 12.7. The van der Waals surface area contributed by atoms with Crippen molar-refractivity contribution in [1.29, 1.82) is 0 Å². The first-order chi connectivity index (χ1) is 10.1. The van der Waals surface area contributed by atoms with E-state index in [0.29, 0.717) is 0 Å². The Morgan fingerprint density at radius 2 is 1.27 bits per heavy atom. The zero-order valence-electron chi connectivity index (χ0n) is 14.4. The molecule has 0 aliphatic rings. The molecule has 0 heterocycles. The maximum Gasteiger partial charge on any atom is 0.0489 e. The fraction of sp³-hybridized carbons (Fsp3) is 0.400. The second-order valence-corrected chi connectivity index (χ2v) is 11.9. The first-order valence-electron chi connectivity index (χ1n) is 7.76. The van der Waals surface area contributed by atoms with E-state index in [4.69, 9.17) is 11.6 Å². The number of benzene rings is 2. The zero-order chi connectivity index (χ0) is 16.5. The third kappa shape index (κ3) is 3.73. The van der Waals surface area contributed by atoms with E-state index in [2.05, 4.69) is 84.0 Å². The van der Waals surface area contributed by atoms with Crippen LogP contribution in [0.1, 0.15) is 41.5 Å². The topological polar surface area (TPSA) is 0 Å². The van der Waals surface area contributed by atoms with Gasteiger partial charge in [0.2, 0.25) is 0 Å². The Balaban J connectivity index is 2.73. The number of rotatable bonds is 2. The van der Waals surface area contributed by atoms with Gasteiger partial charge in [-0.3, -0.25) is 0 Å². The lowest BCUT2D eigenvalue weighted by Gasteiger charge is -2.43. The summed E-state index contributed by atoms with van der Waals surface area (Å²) >= 11 is 6.70. The average molecular weight is 333 g/mol. The largest absolute Gasteiger partial charge is 0.0836 e. The summed E-state index contributed by atoms with van der Waals surface area (Å²) in [7, 11) is -0.435. The Hall–Kier alpha value is -0.840.